The molecular weight excluding hydrogens is 568 g/mol. The molecule has 1 heterocycles. The van der Waals surface area contributed by atoms with Crippen LogP contribution in [0, 0.1) is 0 Å². The van der Waals surface area contributed by atoms with E-state index >= 15 is 0 Å². The first-order valence-corrected chi connectivity index (χ1v) is 13.3. The topological polar surface area (TPSA) is 159 Å². The van der Waals surface area contributed by atoms with Gasteiger partial charge in [0.15, 0.2) is 12.2 Å². The van der Waals surface area contributed by atoms with Crippen LogP contribution in [-0.2, 0) is 59.0 Å². The minimum atomic E-state index is -1.46. The van der Waals surface area contributed by atoms with Gasteiger partial charge in [-0.3, -0.25) is 24.0 Å². The second-order valence-corrected chi connectivity index (χ2v) is 9.52. The molecule has 2 aromatic carbocycles. The van der Waals surface area contributed by atoms with Crippen molar-refractivity contribution in [3.63, 3.8) is 0 Å². The molecule has 0 amide bonds. The van der Waals surface area contributed by atoms with E-state index in [4.69, 9.17) is 37.9 Å². The van der Waals surface area contributed by atoms with Crippen LogP contribution < -0.4 is 9.47 Å². The van der Waals surface area contributed by atoms with Crippen LogP contribution in [0.4, 0.5) is 0 Å². The molecule has 2 aromatic rings. The molecule has 0 saturated carbocycles. The Kier molecular flexibility index (Phi) is 11.5. The molecule has 0 radical (unpaired) electrons. The number of benzene rings is 2. The first-order valence-electron chi connectivity index (χ1n) is 13.3. The van der Waals surface area contributed by atoms with Gasteiger partial charge in [0.2, 0.25) is 12.4 Å². The van der Waals surface area contributed by atoms with E-state index in [0.717, 1.165) is 31.9 Å². The Morgan fingerprint density at radius 2 is 1.30 bits per heavy atom. The molecule has 13 nitrogen and oxygen atoms in total. The summed E-state index contributed by atoms with van der Waals surface area (Å²) in [6.07, 6.45) is -6.82. The van der Waals surface area contributed by atoms with Crippen LogP contribution in [0.1, 0.15) is 40.2 Å². The van der Waals surface area contributed by atoms with E-state index in [0.29, 0.717) is 11.3 Å². The average molecular weight is 603 g/mol. The molecule has 0 aromatic heterocycles. The number of hydrogen-bond acceptors (Lipinski definition) is 13. The van der Waals surface area contributed by atoms with Gasteiger partial charge in [-0.15, -0.1) is 0 Å². The van der Waals surface area contributed by atoms with Gasteiger partial charge in [0.1, 0.15) is 30.8 Å². The highest BCUT2D eigenvalue weighted by Crippen LogP contribution is 2.34. The quantitative estimate of drug-likeness (QED) is 0.273. The molecule has 43 heavy (non-hydrogen) atoms. The lowest BCUT2D eigenvalue weighted by Gasteiger charge is -2.44. The van der Waals surface area contributed by atoms with Gasteiger partial charge in [-0.2, -0.15) is 0 Å². The van der Waals surface area contributed by atoms with Crippen molar-refractivity contribution >= 4 is 29.8 Å². The van der Waals surface area contributed by atoms with Crippen molar-refractivity contribution in [3.8, 4) is 22.6 Å². The molecular formula is C30H34O13. The van der Waals surface area contributed by atoms with Gasteiger partial charge < -0.3 is 37.9 Å². The maximum atomic E-state index is 12.1. The number of carbonyl (C=O) groups excluding carboxylic acids is 5. The highest BCUT2D eigenvalue weighted by Gasteiger charge is 2.53. The highest BCUT2D eigenvalue weighted by molar-refractivity contribution is 5.70. The normalized spacial score (nSPS) is 21.1. The first-order chi connectivity index (χ1) is 20.4. The summed E-state index contributed by atoms with van der Waals surface area (Å²) in [5.74, 6) is -2.67. The summed E-state index contributed by atoms with van der Waals surface area (Å²) in [7, 11) is 1.55. The summed E-state index contributed by atoms with van der Waals surface area (Å²) < 4.78 is 44.2. The third kappa shape index (κ3) is 9.43. The molecule has 1 saturated heterocycles. The van der Waals surface area contributed by atoms with Crippen molar-refractivity contribution in [1.29, 1.82) is 0 Å². The lowest BCUT2D eigenvalue weighted by atomic mass is 9.98. The van der Waals surface area contributed by atoms with E-state index in [9.17, 15) is 24.0 Å². The third-order valence-corrected chi connectivity index (χ3v) is 6.09. The molecule has 0 bridgehead atoms. The summed E-state index contributed by atoms with van der Waals surface area (Å²) in [5.41, 5.74) is 1.97. The van der Waals surface area contributed by atoms with Crippen LogP contribution in [0.3, 0.4) is 0 Å². The number of ether oxygens (including phenoxy) is 8. The van der Waals surface area contributed by atoms with Crippen LogP contribution in [0.2, 0.25) is 0 Å². The van der Waals surface area contributed by atoms with Crippen molar-refractivity contribution in [2.45, 2.75) is 71.9 Å². The SMILES string of the molecule is COc1cccc(-c2ccc(OC3OC(COC(C)=O)C(OC(C)=O)C(OC(C)=O)C3OC(C)=O)c(COC(C)=O)c2)c1. The van der Waals surface area contributed by atoms with Crippen molar-refractivity contribution in [2.24, 2.45) is 0 Å². The molecule has 0 spiro atoms. The monoisotopic (exact) mass is 602 g/mol. The van der Waals surface area contributed by atoms with Gasteiger partial charge in [0.05, 0.1) is 7.11 Å². The smallest absolute Gasteiger partial charge is 0.303 e. The van der Waals surface area contributed by atoms with Crippen LogP contribution in [0.5, 0.6) is 11.5 Å². The summed E-state index contributed by atoms with van der Waals surface area (Å²) in [4.78, 5) is 59.5. The van der Waals surface area contributed by atoms with Crippen LogP contribution in [0.25, 0.3) is 11.1 Å². The molecule has 5 unspecified atom stereocenters. The molecule has 1 fully saturated rings. The molecule has 232 valence electrons. The largest absolute Gasteiger partial charge is 0.497 e. The van der Waals surface area contributed by atoms with Crippen LogP contribution in [0.15, 0.2) is 42.5 Å². The number of methoxy groups -OCH3 is 1. The number of rotatable bonds is 11. The van der Waals surface area contributed by atoms with E-state index in [1.54, 1.807) is 31.4 Å². The lowest BCUT2D eigenvalue weighted by Crippen LogP contribution is -2.63. The lowest BCUT2D eigenvalue weighted by molar-refractivity contribution is -0.288. The molecule has 5 atom stereocenters. The Hall–Kier alpha value is -4.65. The zero-order valence-electron chi connectivity index (χ0n) is 24.6. The van der Waals surface area contributed by atoms with Gasteiger partial charge in [-0.05, 0) is 35.4 Å². The zero-order valence-corrected chi connectivity index (χ0v) is 24.6. The minimum Gasteiger partial charge on any atom is -0.497 e. The van der Waals surface area contributed by atoms with Crippen molar-refractivity contribution in [1.82, 2.24) is 0 Å². The van der Waals surface area contributed by atoms with Gasteiger partial charge in [0, 0.05) is 40.2 Å². The van der Waals surface area contributed by atoms with Gasteiger partial charge in [-0.1, -0.05) is 18.2 Å². The van der Waals surface area contributed by atoms with Crippen molar-refractivity contribution in [2.75, 3.05) is 13.7 Å². The fourth-order valence-corrected chi connectivity index (χ4v) is 4.38. The van der Waals surface area contributed by atoms with E-state index < -0.39 is 67.2 Å². The molecule has 1 aliphatic rings. The van der Waals surface area contributed by atoms with Gasteiger partial charge in [-0.25, -0.2) is 0 Å². The maximum absolute atomic E-state index is 12.1. The van der Waals surface area contributed by atoms with E-state index in [2.05, 4.69) is 0 Å². The maximum Gasteiger partial charge on any atom is 0.303 e. The number of carbonyl (C=O) groups is 5. The zero-order chi connectivity index (χ0) is 31.7. The molecule has 0 N–H and O–H groups in total. The molecule has 0 aliphatic carbocycles. The van der Waals surface area contributed by atoms with E-state index in [-0.39, 0.29) is 12.4 Å². The Labute approximate surface area is 248 Å². The number of esters is 5. The third-order valence-electron chi connectivity index (χ3n) is 6.09. The minimum absolute atomic E-state index is 0.175. The van der Waals surface area contributed by atoms with E-state index in [1.165, 1.54) is 13.8 Å². The average Bonchev–Trinajstić information content (AvgIpc) is 2.93. The summed E-state index contributed by atoms with van der Waals surface area (Å²) >= 11 is 0. The summed E-state index contributed by atoms with van der Waals surface area (Å²) in [6, 6.07) is 12.4. The van der Waals surface area contributed by atoms with Gasteiger partial charge >= 0.3 is 29.8 Å². The first kappa shape index (κ1) is 32.9. The fraction of sp³-hybridized carbons (Fsp3) is 0.433. The number of hydrogen-bond donors (Lipinski definition) is 0. The Morgan fingerprint density at radius 1 is 0.698 bits per heavy atom. The summed E-state index contributed by atoms with van der Waals surface area (Å²) in [6.45, 7) is 5.21. The summed E-state index contributed by atoms with van der Waals surface area (Å²) in [5, 5.41) is 0. The Bertz CT molecular complexity index is 1340. The second-order valence-electron chi connectivity index (χ2n) is 9.52. The molecule has 3 rings (SSSR count). The van der Waals surface area contributed by atoms with Crippen LogP contribution in [-0.4, -0.2) is 74.3 Å². The van der Waals surface area contributed by atoms with Crippen molar-refractivity contribution < 1.29 is 61.9 Å². The van der Waals surface area contributed by atoms with E-state index in [1.807, 2.05) is 18.2 Å². The standard InChI is InChI=1S/C30H34O13/c1-16(31)37-14-23-12-22(21-8-7-9-24(13-21)36-6)10-11-25(23)42-30-29(41-20(5)35)28(40-19(4)34)27(39-18(3)33)26(43-30)15-38-17(2)32/h7-13,26-30H,14-15H2,1-6H3. The van der Waals surface area contributed by atoms with Crippen molar-refractivity contribution in [3.05, 3.63) is 48.0 Å². The second kappa shape index (κ2) is 15.0. The van der Waals surface area contributed by atoms with Crippen LogP contribution >= 0.6 is 0 Å². The highest BCUT2D eigenvalue weighted by atomic mass is 16.7. The molecule has 13 heteroatoms. The predicted molar refractivity (Wildman–Crippen MR) is 146 cm³/mol. The Morgan fingerprint density at radius 3 is 1.91 bits per heavy atom. The predicted octanol–water partition coefficient (Wildman–Crippen LogP) is 2.89. The Balaban J connectivity index is 2.07. The van der Waals surface area contributed by atoms with Gasteiger partial charge in [0.25, 0.3) is 0 Å². The molecule has 1 aliphatic heterocycles. The fourth-order valence-electron chi connectivity index (χ4n) is 4.38.